The molecular weight excluding hydrogens is 455 g/mol. The quantitative estimate of drug-likeness (QED) is 0.319. The largest absolute Gasteiger partial charge is 0.497 e. The van der Waals surface area contributed by atoms with Crippen LogP contribution in [0.1, 0.15) is 28.3 Å². The number of methoxy groups -OCH3 is 1. The predicted molar refractivity (Wildman–Crippen MR) is 130 cm³/mol. The van der Waals surface area contributed by atoms with Crippen LogP contribution in [0, 0.1) is 0 Å². The first-order chi connectivity index (χ1) is 15.7. The zero-order chi connectivity index (χ0) is 21.5. The smallest absolute Gasteiger partial charge is 0.118 e. The number of ether oxygens (including phenoxy) is 1. The van der Waals surface area contributed by atoms with Crippen LogP contribution in [-0.2, 0) is 16.8 Å². The molecule has 6 heteroatoms. The van der Waals surface area contributed by atoms with Crippen LogP contribution in [0.5, 0.6) is 5.75 Å². The first-order valence-electron chi connectivity index (χ1n) is 10.4. The molecule has 5 heterocycles. The van der Waals surface area contributed by atoms with Crippen molar-refractivity contribution >= 4 is 45.9 Å². The van der Waals surface area contributed by atoms with Crippen LogP contribution < -0.4 is 4.74 Å². The monoisotopic (exact) mass is 475 g/mol. The van der Waals surface area contributed by atoms with Gasteiger partial charge in [-0.15, -0.1) is 0 Å². The molecule has 4 aromatic rings. The van der Waals surface area contributed by atoms with E-state index in [-0.39, 0.29) is 16.8 Å². The molecule has 8 bridgehead atoms. The second kappa shape index (κ2) is 8.58. The van der Waals surface area contributed by atoms with E-state index >= 15 is 0 Å². The van der Waals surface area contributed by atoms with Crippen molar-refractivity contribution in [1.82, 2.24) is 19.9 Å². The minimum Gasteiger partial charge on any atom is -0.497 e. The molecule has 2 aliphatic heterocycles. The average Bonchev–Trinajstić information content (AvgIpc) is 3.59. The fourth-order valence-electron chi connectivity index (χ4n) is 4.02. The van der Waals surface area contributed by atoms with Gasteiger partial charge in [0.2, 0.25) is 0 Å². The summed E-state index contributed by atoms with van der Waals surface area (Å²) in [6.07, 6.45) is 6.16. The Hall–Kier alpha value is -3.87. The van der Waals surface area contributed by atoms with E-state index in [4.69, 9.17) is 14.7 Å². The number of aromatic nitrogens is 4. The van der Waals surface area contributed by atoms with Gasteiger partial charge in [-0.05, 0) is 84.5 Å². The van der Waals surface area contributed by atoms with Crippen LogP contribution in [0.3, 0.4) is 0 Å². The van der Waals surface area contributed by atoms with Crippen molar-refractivity contribution in [3.8, 4) is 5.75 Å². The van der Waals surface area contributed by atoms with Gasteiger partial charge in [0.1, 0.15) is 5.75 Å². The van der Waals surface area contributed by atoms with Gasteiger partial charge in [-0.1, -0.05) is 12.1 Å². The maximum absolute atomic E-state index is 5.32. The zero-order valence-corrected chi connectivity index (χ0v) is 18.8. The fourth-order valence-corrected chi connectivity index (χ4v) is 4.02. The summed E-state index contributed by atoms with van der Waals surface area (Å²) in [6, 6.07) is 24.5. The second-order valence-corrected chi connectivity index (χ2v) is 7.82. The molecule has 0 amide bonds. The number of benzene rings is 1. The van der Waals surface area contributed by atoms with Gasteiger partial charge in [0.15, 0.2) is 0 Å². The molecule has 3 aromatic heterocycles. The van der Waals surface area contributed by atoms with Gasteiger partial charge >= 0.3 is 0 Å². The van der Waals surface area contributed by atoms with Gasteiger partial charge in [0.05, 0.1) is 29.9 Å². The van der Waals surface area contributed by atoms with Crippen molar-refractivity contribution < 1.29 is 21.5 Å². The molecule has 6 rings (SSSR count). The van der Waals surface area contributed by atoms with Crippen molar-refractivity contribution in [3.05, 3.63) is 101 Å². The van der Waals surface area contributed by atoms with Gasteiger partial charge < -0.3 is 14.7 Å². The molecule has 163 valence electrons. The zero-order valence-electron chi connectivity index (χ0n) is 17.8. The first kappa shape index (κ1) is 21.0. The molecule has 2 N–H and O–H groups in total. The van der Waals surface area contributed by atoms with Crippen LogP contribution in [-0.4, -0.2) is 27.0 Å². The number of H-pyrrole nitrogens is 2. The number of aromatic amines is 2. The summed E-state index contributed by atoms with van der Waals surface area (Å²) < 4.78 is 5.32. The van der Waals surface area contributed by atoms with Gasteiger partial charge in [-0.2, -0.15) is 0 Å². The Balaban J connectivity index is 0.00000228. The van der Waals surface area contributed by atoms with Gasteiger partial charge in [0, 0.05) is 44.4 Å². The molecular formula is C27H20CoN4O. The van der Waals surface area contributed by atoms with E-state index in [1.807, 2.05) is 36.4 Å². The summed E-state index contributed by atoms with van der Waals surface area (Å²) in [6.45, 7) is 0. The third-order valence-electron chi connectivity index (χ3n) is 5.57. The Bertz CT molecular complexity index is 1560. The van der Waals surface area contributed by atoms with Crippen molar-refractivity contribution in [1.29, 1.82) is 0 Å². The van der Waals surface area contributed by atoms with Crippen LogP contribution in [0.2, 0.25) is 0 Å². The van der Waals surface area contributed by atoms with E-state index in [2.05, 4.69) is 64.6 Å². The minimum absolute atomic E-state index is 0. The van der Waals surface area contributed by atoms with Crippen LogP contribution in [0.4, 0.5) is 0 Å². The van der Waals surface area contributed by atoms with E-state index in [1.165, 1.54) is 0 Å². The van der Waals surface area contributed by atoms with Crippen molar-refractivity contribution in [2.45, 2.75) is 0 Å². The number of rotatable bonds is 2. The summed E-state index contributed by atoms with van der Waals surface area (Å²) in [5, 5.41) is 0. The molecule has 0 atom stereocenters. The Morgan fingerprint density at radius 2 is 1.21 bits per heavy atom. The van der Waals surface area contributed by atoms with Crippen molar-refractivity contribution in [3.63, 3.8) is 0 Å². The number of nitrogens with zero attached hydrogens (tertiary/aromatic N) is 2. The van der Waals surface area contributed by atoms with E-state index in [9.17, 15) is 0 Å². The number of fused-ring (bicyclic) bond motifs is 8. The first-order valence-corrected chi connectivity index (χ1v) is 10.4. The van der Waals surface area contributed by atoms with Gasteiger partial charge in [-0.3, -0.25) is 0 Å². The fraction of sp³-hybridized carbons (Fsp3) is 0.0370. The van der Waals surface area contributed by atoms with Crippen LogP contribution in [0.25, 0.3) is 45.9 Å². The summed E-state index contributed by atoms with van der Waals surface area (Å²) >= 11 is 0. The van der Waals surface area contributed by atoms with Crippen molar-refractivity contribution in [2.75, 3.05) is 7.11 Å². The maximum Gasteiger partial charge on any atom is 0.118 e. The molecule has 0 saturated carbocycles. The minimum atomic E-state index is 0. The third-order valence-corrected chi connectivity index (χ3v) is 5.57. The van der Waals surface area contributed by atoms with Crippen LogP contribution in [0.15, 0.2) is 72.8 Å². The average molecular weight is 475 g/mol. The Morgan fingerprint density at radius 3 is 1.85 bits per heavy atom. The molecule has 33 heavy (non-hydrogen) atoms. The summed E-state index contributed by atoms with van der Waals surface area (Å²) in [5.41, 5.74) is 9.78. The Labute approximate surface area is 201 Å². The molecule has 0 aliphatic carbocycles. The standard InChI is InChI=1S/C27H20N4O.Co/c1-32-25-10-2-17(3-11-25)26-15-24-14-22-7-6-20(29-22)12-18-4-5-19(28-18)13-21-8-9-23(30-21)16-27(26)31-24;/h2-16,28-29H,1H3;. The summed E-state index contributed by atoms with van der Waals surface area (Å²) in [4.78, 5) is 16.5. The van der Waals surface area contributed by atoms with Crippen LogP contribution >= 0.6 is 0 Å². The third kappa shape index (κ3) is 4.26. The van der Waals surface area contributed by atoms with Gasteiger partial charge in [-0.25, -0.2) is 9.97 Å². The Morgan fingerprint density at radius 1 is 0.636 bits per heavy atom. The van der Waals surface area contributed by atoms with Gasteiger partial charge in [0.25, 0.3) is 0 Å². The molecule has 5 nitrogen and oxygen atoms in total. The normalized spacial score (nSPS) is 12.2. The molecule has 0 spiro atoms. The number of nitrogens with one attached hydrogen (secondary N) is 2. The van der Waals surface area contributed by atoms with E-state index < -0.39 is 0 Å². The topological polar surface area (TPSA) is 66.6 Å². The second-order valence-electron chi connectivity index (χ2n) is 7.82. The van der Waals surface area contributed by atoms with E-state index in [0.717, 1.165) is 61.7 Å². The SMILES string of the molecule is COc1ccc(C2=Cc3cc4ccc(cc5ccc(cc6nc(cc2n3)C=C6)[nH]5)[nH]4)cc1.[Co]. The molecule has 1 radical (unpaired) electrons. The number of hydrogen-bond acceptors (Lipinski definition) is 3. The maximum atomic E-state index is 5.32. The molecule has 1 aromatic carbocycles. The molecule has 0 saturated heterocycles. The molecule has 0 unspecified atom stereocenters. The molecule has 0 fully saturated rings. The Kier molecular flexibility index (Phi) is 5.46. The molecule has 2 aliphatic rings. The summed E-state index contributed by atoms with van der Waals surface area (Å²) in [7, 11) is 1.67. The van der Waals surface area contributed by atoms with Crippen molar-refractivity contribution in [2.24, 2.45) is 0 Å². The van der Waals surface area contributed by atoms with E-state index in [0.29, 0.717) is 0 Å². The number of hydrogen-bond donors (Lipinski definition) is 2. The summed E-state index contributed by atoms with van der Waals surface area (Å²) in [5.74, 6) is 0.830. The predicted octanol–water partition coefficient (Wildman–Crippen LogP) is 6.08. The van der Waals surface area contributed by atoms with E-state index in [1.54, 1.807) is 7.11 Å².